The van der Waals surface area contributed by atoms with Gasteiger partial charge in [-0.15, -0.1) is 0 Å². The average molecular weight is 293 g/mol. The van der Waals surface area contributed by atoms with Crippen LogP contribution in [0.5, 0.6) is 11.5 Å². The monoisotopic (exact) mass is 293 g/mol. The van der Waals surface area contributed by atoms with Gasteiger partial charge in [0, 0.05) is 18.8 Å². The Bertz CT molecular complexity index is 432. The van der Waals surface area contributed by atoms with Crippen molar-refractivity contribution in [3.63, 3.8) is 0 Å². The van der Waals surface area contributed by atoms with Gasteiger partial charge in [0.2, 0.25) is 0 Å². The molecule has 1 fully saturated rings. The molecule has 1 saturated heterocycles. The van der Waals surface area contributed by atoms with E-state index in [0.29, 0.717) is 0 Å². The first-order chi connectivity index (χ1) is 10.3. The first kappa shape index (κ1) is 16.0. The second kappa shape index (κ2) is 8.20. The van der Waals surface area contributed by atoms with Crippen molar-refractivity contribution in [2.45, 2.75) is 25.8 Å². The van der Waals surface area contributed by atoms with Crippen LogP contribution in [0.15, 0.2) is 12.3 Å². The largest absolute Gasteiger partial charge is 0.493 e. The third-order valence-electron chi connectivity index (χ3n) is 4.25. The van der Waals surface area contributed by atoms with Gasteiger partial charge in [-0.2, -0.15) is 0 Å². The number of hydrogen-bond donors (Lipinski definition) is 1. The van der Waals surface area contributed by atoms with Crippen LogP contribution in [0.2, 0.25) is 0 Å². The fraction of sp³-hybridized carbons (Fsp3) is 0.688. The van der Waals surface area contributed by atoms with Gasteiger partial charge in [0.1, 0.15) is 5.69 Å². The quantitative estimate of drug-likeness (QED) is 0.832. The molecule has 2 heterocycles. The molecule has 0 spiro atoms. The minimum atomic E-state index is 0.756. The van der Waals surface area contributed by atoms with Crippen molar-refractivity contribution < 1.29 is 9.47 Å². The number of nitrogens with zero attached hydrogens (tertiary/aromatic N) is 2. The Hall–Kier alpha value is -1.33. The lowest BCUT2D eigenvalue weighted by atomic mass is 9.93. The maximum absolute atomic E-state index is 5.46. The molecule has 0 unspecified atom stereocenters. The van der Waals surface area contributed by atoms with Crippen LogP contribution in [0.4, 0.5) is 0 Å². The van der Waals surface area contributed by atoms with E-state index < -0.39 is 0 Å². The number of pyridine rings is 1. The number of rotatable bonds is 7. The maximum atomic E-state index is 5.46. The van der Waals surface area contributed by atoms with Crippen LogP contribution < -0.4 is 14.8 Å². The zero-order valence-electron chi connectivity index (χ0n) is 13.4. The second-order valence-electron chi connectivity index (χ2n) is 5.60. The number of piperidine rings is 1. The van der Waals surface area contributed by atoms with E-state index in [9.17, 15) is 0 Å². The molecule has 1 aliphatic heterocycles. The Morgan fingerprint density at radius 2 is 2.05 bits per heavy atom. The number of aromatic nitrogens is 1. The van der Waals surface area contributed by atoms with E-state index in [-0.39, 0.29) is 0 Å². The van der Waals surface area contributed by atoms with Crippen molar-refractivity contribution >= 4 is 0 Å². The highest BCUT2D eigenvalue weighted by Gasteiger charge is 2.21. The van der Waals surface area contributed by atoms with Crippen molar-refractivity contribution in [1.29, 1.82) is 0 Å². The minimum absolute atomic E-state index is 0.756. The Labute approximate surface area is 127 Å². The minimum Gasteiger partial charge on any atom is -0.493 e. The number of likely N-dealkylation sites (tertiary alicyclic amines) is 1. The van der Waals surface area contributed by atoms with Gasteiger partial charge in [-0.1, -0.05) is 0 Å². The Morgan fingerprint density at radius 3 is 2.67 bits per heavy atom. The lowest BCUT2D eigenvalue weighted by Crippen LogP contribution is -2.34. The molecule has 5 heteroatoms. The van der Waals surface area contributed by atoms with Crippen LogP contribution in [-0.4, -0.2) is 50.8 Å². The summed E-state index contributed by atoms with van der Waals surface area (Å²) in [6.07, 6.45) is 5.61. The summed E-state index contributed by atoms with van der Waals surface area (Å²) in [5.41, 5.74) is 0.963. The summed E-state index contributed by atoms with van der Waals surface area (Å²) in [5, 5.41) is 3.24. The van der Waals surface area contributed by atoms with Crippen molar-refractivity contribution in [3.8, 4) is 11.5 Å². The van der Waals surface area contributed by atoms with Crippen LogP contribution in [0.25, 0.3) is 0 Å². The zero-order valence-corrected chi connectivity index (χ0v) is 13.4. The fourth-order valence-electron chi connectivity index (χ4n) is 2.96. The van der Waals surface area contributed by atoms with E-state index in [1.54, 1.807) is 20.4 Å². The van der Waals surface area contributed by atoms with Crippen molar-refractivity contribution in [2.24, 2.45) is 5.92 Å². The van der Waals surface area contributed by atoms with Crippen molar-refractivity contribution in [1.82, 2.24) is 15.2 Å². The third kappa shape index (κ3) is 4.32. The SMILES string of the molecule is CNCCC1CCN(Cc2nccc(OC)c2OC)CC1. The normalized spacial score (nSPS) is 16.9. The lowest BCUT2D eigenvalue weighted by molar-refractivity contribution is 0.168. The number of ether oxygens (including phenoxy) is 2. The van der Waals surface area contributed by atoms with Crippen molar-refractivity contribution in [3.05, 3.63) is 18.0 Å². The summed E-state index contributed by atoms with van der Waals surface area (Å²) in [5.74, 6) is 2.37. The summed E-state index contributed by atoms with van der Waals surface area (Å²) in [6.45, 7) is 4.22. The van der Waals surface area contributed by atoms with Crippen LogP contribution >= 0.6 is 0 Å². The van der Waals surface area contributed by atoms with Crippen molar-refractivity contribution in [2.75, 3.05) is 40.9 Å². The molecule has 1 aromatic heterocycles. The number of methoxy groups -OCH3 is 2. The molecule has 0 amide bonds. The predicted octanol–water partition coefficient (Wildman–Crippen LogP) is 1.92. The number of nitrogens with one attached hydrogen (secondary N) is 1. The van der Waals surface area contributed by atoms with Gasteiger partial charge < -0.3 is 14.8 Å². The van der Waals surface area contributed by atoms with Crippen LogP contribution in [0.1, 0.15) is 25.0 Å². The van der Waals surface area contributed by atoms with Gasteiger partial charge in [-0.25, -0.2) is 0 Å². The molecule has 0 bridgehead atoms. The van der Waals surface area contributed by atoms with Crippen LogP contribution in [0.3, 0.4) is 0 Å². The van der Waals surface area contributed by atoms with E-state index in [0.717, 1.165) is 49.3 Å². The highest BCUT2D eigenvalue weighted by molar-refractivity contribution is 5.42. The smallest absolute Gasteiger partial charge is 0.183 e. The molecule has 0 aromatic carbocycles. The van der Waals surface area contributed by atoms with E-state index in [2.05, 4.69) is 15.2 Å². The lowest BCUT2D eigenvalue weighted by Gasteiger charge is -2.32. The molecule has 0 atom stereocenters. The van der Waals surface area contributed by atoms with Gasteiger partial charge >= 0.3 is 0 Å². The molecule has 1 N–H and O–H groups in total. The Balaban J connectivity index is 1.91. The van der Waals surface area contributed by atoms with Gasteiger partial charge in [0.05, 0.1) is 14.2 Å². The van der Waals surface area contributed by atoms with E-state index in [4.69, 9.17) is 9.47 Å². The first-order valence-corrected chi connectivity index (χ1v) is 7.71. The highest BCUT2D eigenvalue weighted by Crippen LogP contribution is 2.30. The van der Waals surface area contributed by atoms with E-state index in [1.165, 1.54) is 19.3 Å². The van der Waals surface area contributed by atoms with E-state index >= 15 is 0 Å². The highest BCUT2D eigenvalue weighted by atomic mass is 16.5. The van der Waals surface area contributed by atoms with Crippen LogP contribution in [0, 0.1) is 5.92 Å². The zero-order chi connectivity index (χ0) is 15.1. The molecule has 0 aliphatic carbocycles. The molecule has 118 valence electrons. The molecule has 0 radical (unpaired) electrons. The molecule has 0 saturated carbocycles. The van der Waals surface area contributed by atoms with Gasteiger partial charge in [-0.05, 0) is 51.9 Å². The number of hydrogen-bond acceptors (Lipinski definition) is 5. The van der Waals surface area contributed by atoms with Gasteiger partial charge in [-0.3, -0.25) is 9.88 Å². The fourth-order valence-corrected chi connectivity index (χ4v) is 2.96. The third-order valence-corrected chi connectivity index (χ3v) is 4.25. The van der Waals surface area contributed by atoms with Crippen LogP contribution in [-0.2, 0) is 6.54 Å². The molecule has 1 aromatic rings. The summed E-state index contributed by atoms with van der Waals surface area (Å²) < 4.78 is 10.8. The molecule has 1 aliphatic rings. The summed E-state index contributed by atoms with van der Waals surface area (Å²) in [4.78, 5) is 6.92. The first-order valence-electron chi connectivity index (χ1n) is 7.71. The predicted molar refractivity (Wildman–Crippen MR) is 83.9 cm³/mol. The van der Waals surface area contributed by atoms with Gasteiger partial charge in [0.25, 0.3) is 0 Å². The van der Waals surface area contributed by atoms with Gasteiger partial charge in [0.15, 0.2) is 11.5 Å². The summed E-state index contributed by atoms with van der Waals surface area (Å²) in [6, 6.07) is 1.84. The molecular formula is C16H27N3O2. The van der Waals surface area contributed by atoms with E-state index in [1.807, 2.05) is 13.1 Å². The topological polar surface area (TPSA) is 46.6 Å². The standard InChI is InChI=1S/C16H27N3O2/c1-17-8-4-13-6-10-19(11-7-13)12-14-16(21-3)15(20-2)5-9-18-14/h5,9,13,17H,4,6-8,10-12H2,1-3H3. The molecular weight excluding hydrogens is 266 g/mol. The maximum Gasteiger partial charge on any atom is 0.183 e. The molecule has 21 heavy (non-hydrogen) atoms. The average Bonchev–Trinajstić information content (AvgIpc) is 2.54. The summed E-state index contributed by atoms with van der Waals surface area (Å²) >= 11 is 0. The summed E-state index contributed by atoms with van der Waals surface area (Å²) in [7, 11) is 5.36. The second-order valence-corrected chi connectivity index (χ2v) is 5.60. The Kier molecular flexibility index (Phi) is 6.26. The molecule has 2 rings (SSSR count). The molecule has 5 nitrogen and oxygen atoms in total. The Morgan fingerprint density at radius 1 is 1.29 bits per heavy atom.